The van der Waals surface area contributed by atoms with Gasteiger partial charge >= 0.3 is 0 Å². The molecule has 2 N–H and O–H groups in total. The number of carbonyl (C=O) groups is 2. The van der Waals surface area contributed by atoms with E-state index >= 15 is 0 Å². The van der Waals surface area contributed by atoms with Crippen molar-refractivity contribution in [3.8, 4) is 17.2 Å². The molecule has 0 fully saturated rings. The number of rotatable bonds is 14. The summed E-state index contributed by atoms with van der Waals surface area (Å²) < 4.78 is 44.5. The summed E-state index contributed by atoms with van der Waals surface area (Å²) in [6.07, 6.45) is 1.41. The number of nitrogens with one attached hydrogen (secondary N) is 2. The highest BCUT2D eigenvalue weighted by Gasteiger charge is 2.28. The summed E-state index contributed by atoms with van der Waals surface area (Å²) in [5.74, 6) is 0.270. The maximum absolute atomic E-state index is 13.7. The lowest BCUT2D eigenvalue weighted by Crippen LogP contribution is -2.39. The van der Waals surface area contributed by atoms with Crippen molar-refractivity contribution in [3.63, 3.8) is 0 Å². The Labute approximate surface area is 268 Å². The third-order valence-electron chi connectivity index (χ3n) is 6.88. The molecule has 4 rings (SSSR count). The van der Waals surface area contributed by atoms with Gasteiger partial charge in [-0.15, -0.1) is 0 Å². The highest BCUT2D eigenvalue weighted by Crippen LogP contribution is 2.33. The molecule has 0 aliphatic carbocycles. The summed E-state index contributed by atoms with van der Waals surface area (Å²) in [6.45, 7) is 3.04. The number of benzene rings is 4. The van der Waals surface area contributed by atoms with E-state index in [2.05, 4.69) is 15.8 Å². The minimum atomic E-state index is -4.14. The zero-order valence-corrected chi connectivity index (χ0v) is 26.8. The zero-order chi connectivity index (χ0) is 33.1. The first-order valence-corrected chi connectivity index (χ1v) is 15.7. The van der Waals surface area contributed by atoms with E-state index in [1.54, 1.807) is 42.5 Å². The number of nitrogens with zero attached hydrogens (tertiary/aromatic N) is 2. The van der Waals surface area contributed by atoms with Crippen LogP contribution in [0.5, 0.6) is 17.2 Å². The first-order valence-electron chi connectivity index (χ1n) is 14.3. The molecule has 240 valence electrons. The number of sulfonamides is 1. The molecule has 0 unspecified atom stereocenters. The standard InChI is InChI=1S/C34H36N4O7S/c1-24-10-17-30(18-11-24)46(41,42)38(28-14-19-31(43-3)32(20-28)44-4)22-33(39)37-35-21-26-12-15-29(16-13-26)45-23-34(40)36-25(2)27-8-6-5-7-9-27/h5-21,25H,22-23H2,1-4H3,(H,36,40)(H,37,39)/b35-21-/t25-/m1/s1. The van der Waals surface area contributed by atoms with Crippen molar-refractivity contribution in [1.29, 1.82) is 0 Å². The Bertz CT molecular complexity index is 1760. The molecule has 1 atom stereocenters. The number of amides is 2. The first kappa shape index (κ1) is 33.5. The molecule has 0 saturated carbocycles. The van der Waals surface area contributed by atoms with E-state index in [-0.39, 0.29) is 29.1 Å². The van der Waals surface area contributed by atoms with Gasteiger partial charge in [-0.25, -0.2) is 13.8 Å². The van der Waals surface area contributed by atoms with Crippen molar-refractivity contribution in [1.82, 2.24) is 10.7 Å². The van der Waals surface area contributed by atoms with Crippen molar-refractivity contribution in [2.24, 2.45) is 5.10 Å². The van der Waals surface area contributed by atoms with Crippen molar-refractivity contribution >= 4 is 33.7 Å². The van der Waals surface area contributed by atoms with Gasteiger partial charge in [0.05, 0.1) is 37.1 Å². The van der Waals surface area contributed by atoms with Gasteiger partial charge in [0.25, 0.3) is 21.8 Å². The van der Waals surface area contributed by atoms with Crippen LogP contribution in [0.2, 0.25) is 0 Å². The molecule has 46 heavy (non-hydrogen) atoms. The van der Waals surface area contributed by atoms with Crippen molar-refractivity contribution < 1.29 is 32.2 Å². The van der Waals surface area contributed by atoms with Gasteiger partial charge in [0, 0.05) is 6.07 Å². The second kappa shape index (κ2) is 15.6. The summed E-state index contributed by atoms with van der Waals surface area (Å²) in [4.78, 5) is 25.3. The van der Waals surface area contributed by atoms with Crippen LogP contribution in [0.1, 0.15) is 29.7 Å². The molecule has 0 aliphatic rings. The predicted molar refractivity (Wildman–Crippen MR) is 176 cm³/mol. The predicted octanol–water partition coefficient (Wildman–Crippen LogP) is 4.61. The van der Waals surface area contributed by atoms with E-state index in [0.29, 0.717) is 22.8 Å². The Morgan fingerprint density at radius 1 is 0.870 bits per heavy atom. The molecular formula is C34H36N4O7S. The number of ether oxygens (including phenoxy) is 3. The van der Waals surface area contributed by atoms with Crippen LogP contribution in [-0.2, 0) is 19.6 Å². The fourth-order valence-corrected chi connectivity index (χ4v) is 5.80. The maximum atomic E-state index is 13.7. The van der Waals surface area contributed by atoms with E-state index in [1.807, 2.05) is 44.2 Å². The quantitative estimate of drug-likeness (QED) is 0.151. The molecule has 0 bridgehead atoms. The fraction of sp³-hybridized carbons (Fsp3) is 0.206. The molecule has 0 aromatic heterocycles. The number of aryl methyl sites for hydroxylation is 1. The Balaban J connectivity index is 1.38. The normalized spacial score (nSPS) is 11.8. The number of anilines is 1. The third-order valence-corrected chi connectivity index (χ3v) is 8.67. The first-order chi connectivity index (χ1) is 22.1. The van der Waals surface area contributed by atoms with Crippen LogP contribution >= 0.6 is 0 Å². The number of hydrazone groups is 1. The maximum Gasteiger partial charge on any atom is 0.264 e. The number of carbonyl (C=O) groups excluding carboxylic acids is 2. The van der Waals surface area contributed by atoms with Gasteiger partial charge in [0.2, 0.25) is 0 Å². The molecule has 2 amide bonds. The Morgan fingerprint density at radius 3 is 2.20 bits per heavy atom. The smallest absolute Gasteiger partial charge is 0.264 e. The molecule has 4 aromatic rings. The van der Waals surface area contributed by atoms with E-state index < -0.39 is 22.5 Å². The highest BCUT2D eigenvalue weighted by molar-refractivity contribution is 7.92. The van der Waals surface area contributed by atoms with Gasteiger partial charge in [-0.05, 0) is 73.5 Å². The minimum absolute atomic E-state index is 0.0229. The Kier molecular flexibility index (Phi) is 11.4. The van der Waals surface area contributed by atoms with E-state index in [4.69, 9.17) is 14.2 Å². The van der Waals surface area contributed by atoms with E-state index in [1.165, 1.54) is 44.7 Å². The molecule has 11 nitrogen and oxygen atoms in total. The van der Waals surface area contributed by atoms with Crippen molar-refractivity contribution in [2.45, 2.75) is 24.8 Å². The van der Waals surface area contributed by atoms with Crippen LogP contribution in [0.3, 0.4) is 0 Å². The lowest BCUT2D eigenvalue weighted by molar-refractivity contribution is -0.123. The van der Waals surface area contributed by atoms with Gasteiger partial charge in [0.1, 0.15) is 12.3 Å². The van der Waals surface area contributed by atoms with Crippen LogP contribution < -0.4 is 29.3 Å². The van der Waals surface area contributed by atoms with Crippen molar-refractivity contribution in [3.05, 3.63) is 114 Å². The van der Waals surface area contributed by atoms with Gasteiger partial charge in [-0.3, -0.25) is 13.9 Å². The molecule has 0 spiro atoms. The highest BCUT2D eigenvalue weighted by atomic mass is 32.2. The summed E-state index contributed by atoms with van der Waals surface area (Å²) in [5, 5.41) is 6.88. The molecule has 12 heteroatoms. The molecular weight excluding hydrogens is 608 g/mol. The summed E-state index contributed by atoms with van der Waals surface area (Å²) >= 11 is 0. The van der Waals surface area contributed by atoms with Crippen LogP contribution in [0, 0.1) is 6.92 Å². The molecule has 0 aliphatic heterocycles. The Hall–Kier alpha value is -5.36. The second-order valence-electron chi connectivity index (χ2n) is 10.2. The second-order valence-corrected chi connectivity index (χ2v) is 12.1. The topological polar surface area (TPSA) is 136 Å². The molecule has 0 heterocycles. The molecule has 0 saturated heterocycles. The number of hydrogen-bond acceptors (Lipinski definition) is 8. The van der Waals surface area contributed by atoms with Crippen LogP contribution in [0.15, 0.2) is 107 Å². The zero-order valence-electron chi connectivity index (χ0n) is 26.0. The molecule has 0 radical (unpaired) electrons. The molecule has 4 aromatic carbocycles. The van der Waals surface area contributed by atoms with Gasteiger partial charge in [-0.2, -0.15) is 5.10 Å². The van der Waals surface area contributed by atoms with Crippen molar-refractivity contribution in [2.75, 3.05) is 31.7 Å². The Morgan fingerprint density at radius 2 is 1.54 bits per heavy atom. The van der Waals surface area contributed by atoms with Gasteiger partial charge in [-0.1, -0.05) is 48.0 Å². The third kappa shape index (κ3) is 8.85. The van der Waals surface area contributed by atoms with Gasteiger partial charge in [0.15, 0.2) is 18.1 Å². The number of hydrogen-bond donors (Lipinski definition) is 2. The summed E-state index contributed by atoms with van der Waals surface area (Å²) in [7, 11) is -1.24. The van der Waals surface area contributed by atoms with E-state index in [0.717, 1.165) is 15.4 Å². The monoisotopic (exact) mass is 644 g/mol. The van der Waals surface area contributed by atoms with Gasteiger partial charge < -0.3 is 19.5 Å². The lowest BCUT2D eigenvalue weighted by Gasteiger charge is -2.24. The van der Waals surface area contributed by atoms with Crippen LogP contribution in [0.4, 0.5) is 5.69 Å². The average molecular weight is 645 g/mol. The largest absolute Gasteiger partial charge is 0.493 e. The summed E-state index contributed by atoms with van der Waals surface area (Å²) in [6, 6.07) is 27.1. The minimum Gasteiger partial charge on any atom is -0.493 e. The number of methoxy groups -OCH3 is 2. The van der Waals surface area contributed by atoms with Crippen LogP contribution in [0.25, 0.3) is 0 Å². The average Bonchev–Trinajstić information content (AvgIpc) is 3.07. The van der Waals surface area contributed by atoms with E-state index in [9.17, 15) is 18.0 Å². The summed E-state index contributed by atoms with van der Waals surface area (Å²) in [5.41, 5.74) is 5.11. The van der Waals surface area contributed by atoms with Crippen LogP contribution in [-0.4, -0.2) is 53.8 Å². The SMILES string of the molecule is COc1ccc(N(CC(=O)N/N=C\c2ccc(OCC(=O)N[C@H](C)c3ccccc3)cc2)S(=O)(=O)c2ccc(C)cc2)cc1OC. The fourth-order valence-electron chi connectivity index (χ4n) is 4.38. The lowest BCUT2D eigenvalue weighted by atomic mass is 10.1.